The molecule has 2 atom stereocenters. The molecule has 5 nitrogen and oxygen atoms in total. The van der Waals surface area contributed by atoms with Crippen molar-refractivity contribution in [3.8, 4) is 0 Å². The van der Waals surface area contributed by atoms with E-state index < -0.39 is 19.7 Å². The molecule has 114 valence electrons. The maximum absolute atomic E-state index is 11.5. The molecule has 1 saturated heterocycles. The average Bonchev–Trinajstić information content (AvgIpc) is 2.68. The molecule has 0 aromatic rings. The smallest absolute Gasteiger partial charge is 0.150 e. The molecule has 0 radical (unpaired) electrons. The van der Waals surface area contributed by atoms with Crippen LogP contribution in [0.15, 0.2) is 0 Å². The Balaban J connectivity index is 2.50. The van der Waals surface area contributed by atoms with Crippen molar-refractivity contribution in [2.45, 2.75) is 26.2 Å². The third-order valence-corrected chi connectivity index (χ3v) is 7.45. The molecule has 1 heterocycles. The van der Waals surface area contributed by atoms with Gasteiger partial charge < -0.3 is 5.32 Å². The highest BCUT2D eigenvalue weighted by Gasteiger charge is 2.33. The van der Waals surface area contributed by atoms with Gasteiger partial charge in [-0.1, -0.05) is 6.92 Å². The van der Waals surface area contributed by atoms with Crippen LogP contribution in [0.2, 0.25) is 0 Å². The first-order valence-electron chi connectivity index (χ1n) is 6.85. The molecule has 1 fully saturated rings. The Kier molecular flexibility index (Phi) is 6.26. The highest BCUT2D eigenvalue weighted by molar-refractivity contribution is 7.91. The molecule has 0 spiro atoms. The fourth-order valence-corrected chi connectivity index (χ4v) is 5.49. The molecule has 1 N–H and O–H groups in total. The maximum atomic E-state index is 11.5. The zero-order valence-corrected chi connectivity index (χ0v) is 13.4. The van der Waals surface area contributed by atoms with Gasteiger partial charge in [-0.15, -0.1) is 0 Å². The van der Waals surface area contributed by atoms with Gasteiger partial charge in [0.15, 0.2) is 9.84 Å². The van der Waals surface area contributed by atoms with Crippen molar-refractivity contribution in [3.63, 3.8) is 0 Å². The fourth-order valence-electron chi connectivity index (χ4n) is 2.67. The van der Waals surface area contributed by atoms with Crippen molar-refractivity contribution in [3.05, 3.63) is 0 Å². The largest absolute Gasteiger partial charge is 0.319 e. The summed E-state index contributed by atoms with van der Waals surface area (Å²) in [7, 11) is -3.93. The predicted octanol–water partition coefficient (Wildman–Crippen LogP) is 0.472. The maximum Gasteiger partial charge on any atom is 0.150 e. The van der Waals surface area contributed by atoms with Gasteiger partial charge in [0.05, 0.1) is 17.3 Å². The van der Waals surface area contributed by atoms with E-state index in [1.165, 1.54) is 0 Å². The highest BCUT2D eigenvalue weighted by atomic mass is 32.2. The zero-order valence-electron chi connectivity index (χ0n) is 11.8. The minimum Gasteiger partial charge on any atom is -0.319 e. The number of rotatable bonds is 8. The van der Waals surface area contributed by atoms with E-state index in [2.05, 4.69) is 5.32 Å². The summed E-state index contributed by atoms with van der Waals surface area (Å²) in [6.45, 7) is 2.41. The summed E-state index contributed by atoms with van der Waals surface area (Å²) in [4.78, 5) is 0. The van der Waals surface area contributed by atoms with Crippen LogP contribution < -0.4 is 5.32 Å². The summed E-state index contributed by atoms with van der Waals surface area (Å²) in [6, 6.07) is 0. The number of hydrogen-bond acceptors (Lipinski definition) is 5. The van der Waals surface area contributed by atoms with E-state index in [0.717, 1.165) is 19.4 Å². The van der Waals surface area contributed by atoms with Crippen LogP contribution in [0.25, 0.3) is 0 Å². The van der Waals surface area contributed by atoms with Crippen LogP contribution >= 0.6 is 0 Å². The van der Waals surface area contributed by atoms with Gasteiger partial charge in [-0.25, -0.2) is 16.8 Å². The molecule has 0 aliphatic carbocycles. The van der Waals surface area contributed by atoms with E-state index in [0.29, 0.717) is 6.42 Å². The zero-order chi connectivity index (χ0) is 14.5. The van der Waals surface area contributed by atoms with Gasteiger partial charge >= 0.3 is 0 Å². The predicted molar refractivity (Wildman–Crippen MR) is 77.7 cm³/mol. The molecule has 0 bridgehead atoms. The second-order valence-corrected chi connectivity index (χ2v) is 10.1. The normalized spacial score (nSPS) is 24.4. The van der Waals surface area contributed by atoms with Crippen molar-refractivity contribution in [1.82, 2.24) is 5.32 Å². The van der Waals surface area contributed by atoms with Gasteiger partial charge in [0.1, 0.15) is 9.84 Å². The minimum absolute atomic E-state index is 0.182. The van der Waals surface area contributed by atoms with Crippen molar-refractivity contribution in [2.24, 2.45) is 11.8 Å². The fraction of sp³-hybridized carbons (Fsp3) is 1.00. The molecule has 0 aromatic heterocycles. The lowest BCUT2D eigenvalue weighted by Crippen LogP contribution is -2.27. The summed E-state index contributed by atoms with van der Waals surface area (Å²) >= 11 is 0. The van der Waals surface area contributed by atoms with Crippen LogP contribution in [-0.2, 0) is 19.7 Å². The highest BCUT2D eigenvalue weighted by Crippen LogP contribution is 2.28. The molecular formula is C12H25NO4S2. The van der Waals surface area contributed by atoms with Crippen LogP contribution in [0.4, 0.5) is 0 Å². The SMILES string of the molecule is CCS(=O)(=O)CCCC(CNC)C1CCS(=O)(=O)C1. The first-order valence-corrected chi connectivity index (χ1v) is 10.5. The second kappa shape index (κ2) is 7.04. The van der Waals surface area contributed by atoms with Crippen molar-refractivity contribution < 1.29 is 16.8 Å². The van der Waals surface area contributed by atoms with Gasteiger partial charge in [0, 0.05) is 5.75 Å². The summed E-state index contributed by atoms with van der Waals surface area (Å²) in [5, 5.41) is 3.09. The molecule has 1 aliphatic heterocycles. The molecular weight excluding hydrogens is 286 g/mol. The van der Waals surface area contributed by atoms with E-state index >= 15 is 0 Å². The standard InChI is InChI=1S/C12H25NO4S2/c1-3-18(14,15)7-4-5-11(9-13-2)12-6-8-19(16,17)10-12/h11-13H,3-10H2,1-2H3. The van der Waals surface area contributed by atoms with Crippen molar-refractivity contribution in [2.75, 3.05) is 36.6 Å². The Morgan fingerprint density at radius 2 is 2.05 bits per heavy atom. The van der Waals surface area contributed by atoms with E-state index in [9.17, 15) is 16.8 Å². The van der Waals surface area contributed by atoms with Gasteiger partial charge in [0.2, 0.25) is 0 Å². The summed E-state index contributed by atoms with van der Waals surface area (Å²) in [6.07, 6.45) is 2.12. The lowest BCUT2D eigenvalue weighted by molar-refractivity contribution is 0.330. The Bertz CT molecular complexity index is 470. The third kappa shape index (κ3) is 5.79. The Morgan fingerprint density at radius 1 is 1.37 bits per heavy atom. The molecule has 2 unspecified atom stereocenters. The van der Waals surface area contributed by atoms with Crippen LogP contribution in [0, 0.1) is 11.8 Å². The lowest BCUT2D eigenvalue weighted by Gasteiger charge is -2.22. The quantitative estimate of drug-likeness (QED) is 0.705. The van der Waals surface area contributed by atoms with Crippen LogP contribution in [0.1, 0.15) is 26.2 Å². The molecule has 0 amide bonds. The van der Waals surface area contributed by atoms with Crippen LogP contribution in [-0.4, -0.2) is 53.4 Å². The third-order valence-electron chi connectivity index (χ3n) is 3.87. The topological polar surface area (TPSA) is 80.3 Å². The Labute approximate surface area is 117 Å². The summed E-state index contributed by atoms with van der Waals surface area (Å²) < 4.78 is 45.9. The molecule has 0 saturated carbocycles. The van der Waals surface area contributed by atoms with E-state index in [-0.39, 0.29) is 34.8 Å². The Hall–Kier alpha value is -0.140. The number of nitrogens with one attached hydrogen (secondary N) is 1. The molecule has 1 rings (SSSR count). The lowest BCUT2D eigenvalue weighted by atomic mass is 9.88. The molecule has 0 aromatic carbocycles. The van der Waals surface area contributed by atoms with E-state index in [1.807, 2.05) is 7.05 Å². The summed E-state index contributed by atoms with van der Waals surface area (Å²) in [5.74, 6) is 1.38. The van der Waals surface area contributed by atoms with Crippen LogP contribution in [0.3, 0.4) is 0 Å². The van der Waals surface area contributed by atoms with Crippen molar-refractivity contribution >= 4 is 19.7 Å². The Morgan fingerprint density at radius 3 is 2.53 bits per heavy atom. The monoisotopic (exact) mass is 311 g/mol. The first kappa shape index (κ1) is 16.9. The van der Waals surface area contributed by atoms with Gasteiger partial charge in [-0.2, -0.15) is 0 Å². The molecule has 7 heteroatoms. The van der Waals surface area contributed by atoms with Gasteiger partial charge in [-0.3, -0.25) is 0 Å². The van der Waals surface area contributed by atoms with Crippen molar-refractivity contribution in [1.29, 1.82) is 0 Å². The van der Waals surface area contributed by atoms with E-state index in [1.54, 1.807) is 6.92 Å². The number of sulfone groups is 2. The summed E-state index contributed by atoms with van der Waals surface area (Å²) in [5.41, 5.74) is 0. The molecule has 19 heavy (non-hydrogen) atoms. The second-order valence-electron chi connectivity index (χ2n) is 5.36. The van der Waals surface area contributed by atoms with Gasteiger partial charge in [-0.05, 0) is 44.7 Å². The van der Waals surface area contributed by atoms with Crippen LogP contribution in [0.5, 0.6) is 0 Å². The minimum atomic E-state index is -2.92. The number of hydrogen-bond donors (Lipinski definition) is 1. The first-order chi connectivity index (χ1) is 8.79. The van der Waals surface area contributed by atoms with E-state index in [4.69, 9.17) is 0 Å². The average molecular weight is 311 g/mol. The molecule has 1 aliphatic rings. The van der Waals surface area contributed by atoms with Gasteiger partial charge in [0.25, 0.3) is 0 Å².